The maximum atomic E-state index is 12.7. The normalized spacial score (nSPS) is 15.5. The van der Waals surface area contributed by atoms with Crippen molar-refractivity contribution < 1.29 is 24.6 Å². The van der Waals surface area contributed by atoms with Crippen molar-refractivity contribution in [1.82, 2.24) is 19.1 Å². The van der Waals surface area contributed by atoms with Gasteiger partial charge in [-0.05, 0) is 87.9 Å². The number of carboxylic acids is 2. The Hall–Kier alpha value is -4.93. The average Bonchev–Trinajstić information content (AvgIpc) is 2.99. The molecule has 2 aromatic carbocycles. The molecule has 2 aromatic heterocycles. The highest BCUT2D eigenvalue weighted by Crippen LogP contribution is 2.24. The second-order valence-corrected chi connectivity index (χ2v) is 11.0. The molecule has 4 aromatic rings. The lowest BCUT2D eigenvalue weighted by atomic mass is 10.0. The third-order valence-corrected chi connectivity index (χ3v) is 7.98. The molecule has 45 heavy (non-hydrogen) atoms. The molecule has 0 fully saturated rings. The van der Waals surface area contributed by atoms with E-state index in [4.69, 9.17) is 15.0 Å². The maximum absolute atomic E-state index is 12.7. The van der Waals surface area contributed by atoms with Crippen LogP contribution in [0.15, 0.2) is 52.1 Å². The third kappa shape index (κ3) is 7.60. The number of aromatic carboxylic acids is 2. The number of carbonyl (C=O) groups excluding carboxylic acids is 1. The Bertz CT molecular complexity index is 1890. The molecule has 0 amide bonds. The molecule has 236 valence electrons. The van der Waals surface area contributed by atoms with E-state index in [2.05, 4.69) is 9.97 Å². The highest BCUT2D eigenvalue weighted by molar-refractivity contribution is 5.93. The van der Waals surface area contributed by atoms with Crippen molar-refractivity contribution in [3.63, 3.8) is 0 Å². The van der Waals surface area contributed by atoms with Crippen LogP contribution >= 0.6 is 0 Å². The molecule has 0 saturated carbocycles. The highest BCUT2D eigenvalue weighted by Gasteiger charge is 2.18. The minimum atomic E-state index is -1.01. The minimum Gasteiger partial charge on any atom is -0.478 e. The van der Waals surface area contributed by atoms with Crippen molar-refractivity contribution in [2.24, 2.45) is 0 Å². The lowest BCUT2D eigenvalue weighted by molar-refractivity contribution is -0.106. The molecule has 0 spiro atoms. The van der Waals surface area contributed by atoms with Crippen LogP contribution in [0.1, 0.15) is 97.6 Å². The van der Waals surface area contributed by atoms with E-state index >= 15 is 0 Å². The third-order valence-electron chi connectivity index (χ3n) is 7.98. The monoisotopic (exact) mass is 614 g/mol. The quantitative estimate of drug-likeness (QED) is 0.278. The molecule has 11 nitrogen and oxygen atoms in total. The standard InChI is InChI=1S/C17H18N2O3.C15H16N2O3.C2H4O/c1-2-11-6-4-3-5-9-19-15(11)18-14-10-12(17(21)22)7-8-13(14)16(19)20;18-14-11-7-6-10(15(19)20)9-12(11)16-13-5-3-1-2-4-8-17(13)14;1-2-3/h2,7-8,10H,3-6,9H2,1H3,(H,21,22);6-7,9H,1-5,8H2,(H,19,20);2H,1H3/b11-2+;;. The van der Waals surface area contributed by atoms with Gasteiger partial charge in [-0.15, -0.1) is 0 Å². The van der Waals surface area contributed by atoms with Crippen molar-refractivity contribution in [1.29, 1.82) is 0 Å². The van der Waals surface area contributed by atoms with Gasteiger partial charge < -0.3 is 15.0 Å². The van der Waals surface area contributed by atoms with Crippen LogP contribution in [0, 0.1) is 0 Å². The molecule has 0 atom stereocenters. The maximum Gasteiger partial charge on any atom is 0.335 e. The number of aryl methyl sites for hydroxylation is 1. The fourth-order valence-electron chi connectivity index (χ4n) is 5.68. The summed E-state index contributed by atoms with van der Waals surface area (Å²) >= 11 is 0. The van der Waals surface area contributed by atoms with Crippen LogP contribution in [0.3, 0.4) is 0 Å². The van der Waals surface area contributed by atoms with Gasteiger partial charge >= 0.3 is 11.9 Å². The van der Waals surface area contributed by atoms with Gasteiger partial charge in [0.15, 0.2) is 0 Å². The van der Waals surface area contributed by atoms with Crippen LogP contribution in [-0.2, 0) is 24.3 Å². The van der Waals surface area contributed by atoms with E-state index < -0.39 is 11.9 Å². The molecule has 2 aliphatic rings. The molecule has 2 N–H and O–H groups in total. The van der Waals surface area contributed by atoms with Crippen molar-refractivity contribution in [2.45, 2.75) is 84.7 Å². The first kappa shape index (κ1) is 33.0. The van der Waals surface area contributed by atoms with Crippen LogP contribution in [0.5, 0.6) is 0 Å². The van der Waals surface area contributed by atoms with Crippen LogP contribution in [0.4, 0.5) is 0 Å². The van der Waals surface area contributed by atoms with Crippen molar-refractivity contribution in [3.05, 3.63) is 86.0 Å². The van der Waals surface area contributed by atoms with Crippen LogP contribution < -0.4 is 11.1 Å². The zero-order chi connectivity index (χ0) is 32.5. The lowest BCUT2D eigenvalue weighted by Crippen LogP contribution is -2.26. The molecule has 4 heterocycles. The minimum absolute atomic E-state index is 0.0520. The number of allylic oxidation sites excluding steroid dienone is 2. The fourth-order valence-corrected chi connectivity index (χ4v) is 5.68. The summed E-state index contributed by atoms with van der Waals surface area (Å²) in [5, 5.41) is 19.1. The zero-order valence-electron chi connectivity index (χ0n) is 25.6. The summed E-state index contributed by atoms with van der Waals surface area (Å²) in [6, 6.07) is 9.02. The lowest BCUT2D eigenvalue weighted by Gasteiger charge is -2.18. The summed E-state index contributed by atoms with van der Waals surface area (Å²) in [6.45, 7) is 4.76. The summed E-state index contributed by atoms with van der Waals surface area (Å²) in [6.07, 6.45) is 11.9. The number of aromatic nitrogens is 4. The predicted octanol–water partition coefficient (Wildman–Crippen LogP) is 5.49. The van der Waals surface area contributed by atoms with Crippen LogP contribution in [0.2, 0.25) is 0 Å². The Morgan fingerprint density at radius 3 is 1.78 bits per heavy atom. The molecular formula is C34H38N4O7. The molecular weight excluding hydrogens is 576 g/mol. The fraction of sp³-hybridized carbons (Fsp3) is 0.382. The number of hydrogen-bond acceptors (Lipinski definition) is 7. The smallest absolute Gasteiger partial charge is 0.335 e. The predicted molar refractivity (Wildman–Crippen MR) is 172 cm³/mol. The summed E-state index contributed by atoms with van der Waals surface area (Å²) in [4.78, 5) is 65.3. The number of hydrogen-bond donors (Lipinski definition) is 2. The second-order valence-electron chi connectivity index (χ2n) is 11.0. The van der Waals surface area contributed by atoms with E-state index in [0.717, 1.165) is 75.5 Å². The van der Waals surface area contributed by atoms with Gasteiger partial charge in [-0.25, -0.2) is 19.6 Å². The van der Waals surface area contributed by atoms with Gasteiger partial charge in [0.1, 0.15) is 17.9 Å². The van der Waals surface area contributed by atoms with Crippen molar-refractivity contribution in [3.8, 4) is 0 Å². The first-order valence-corrected chi connectivity index (χ1v) is 15.3. The molecule has 0 unspecified atom stereocenters. The Morgan fingerprint density at radius 2 is 1.20 bits per heavy atom. The van der Waals surface area contributed by atoms with E-state index in [1.54, 1.807) is 21.3 Å². The van der Waals surface area contributed by atoms with E-state index in [1.807, 2.05) is 13.0 Å². The number of carbonyl (C=O) groups is 3. The van der Waals surface area contributed by atoms with Gasteiger partial charge in [-0.1, -0.05) is 25.3 Å². The molecule has 0 radical (unpaired) electrons. The number of nitrogens with zero attached hydrogens (tertiary/aromatic N) is 4. The summed E-state index contributed by atoms with van der Waals surface area (Å²) < 4.78 is 3.49. The first-order chi connectivity index (χ1) is 21.7. The number of fused-ring (bicyclic) bond motifs is 4. The van der Waals surface area contributed by atoms with Gasteiger partial charge in [-0.2, -0.15) is 0 Å². The van der Waals surface area contributed by atoms with Crippen LogP contribution in [-0.4, -0.2) is 47.5 Å². The summed E-state index contributed by atoms with van der Waals surface area (Å²) in [5.41, 5.74) is 2.18. The second kappa shape index (κ2) is 15.2. The highest BCUT2D eigenvalue weighted by atomic mass is 16.4. The largest absolute Gasteiger partial charge is 0.478 e. The van der Waals surface area contributed by atoms with Crippen molar-refractivity contribution >= 4 is 45.6 Å². The Morgan fingerprint density at radius 1 is 0.711 bits per heavy atom. The van der Waals surface area contributed by atoms with Gasteiger partial charge in [0.2, 0.25) is 0 Å². The van der Waals surface area contributed by atoms with E-state index in [1.165, 1.54) is 31.2 Å². The number of aldehydes is 1. The van der Waals surface area contributed by atoms with Gasteiger partial charge in [-0.3, -0.25) is 18.7 Å². The average molecular weight is 615 g/mol. The Kier molecular flexibility index (Phi) is 11.1. The summed E-state index contributed by atoms with van der Waals surface area (Å²) in [7, 11) is 0. The number of benzene rings is 2. The zero-order valence-corrected chi connectivity index (χ0v) is 25.6. The van der Waals surface area contributed by atoms with Gasteiger partial charge in [0.25, 0.3) is 11.1 Å². The molecule has 0 bridgehead atoms. The molecule has 11 heteroatoms. The molecule has 0 aliphatic carbocycles. The SMILES string of the molecule is C/C=C1\CCCCCn2c1nc1cc(C(=O)O)ccc1c2=O.CC=O.O=C(O)c1ccc2c(=O)n3c(nc2c1)CCCCCC3. The first-order valence-electron chi connectivity index (χ1n) is 15.3. The van der Waals surface area contributed by atoms with E-state index in [9.17, 15) is 19.2 Å². The van der Waals surface area contributed by atoms with E-state index in [-0.39, 0.29) is 22.2 Å². The number of rotatable bonds is 2. The Balaban J connectivity index is 0.000000189. The Labute approximate surface area is 259 Å². The molecule has 0 saturated heterocycles. The van der Waals surface area contributed by atoms with Crippen molar-refractivity contribution in [2.75, 3.05) is 0 Å². The molecule has 6 rings (SSSR count). The topological polar surface area (TPSA) is 161 Å². The molecule has 2 aliphatic heterocycles. The number of carboxylic acid groups (broad SMARTS) is 2. The summed E-state index contributed by atoms with van der Waals surface area (Å²) in [5.74, 6) is -0.547. The van der Waals surface area contributed by atoms with Gasteiger partial charge in [0.05, 0.1) is 32.9 Å². The van der Waals surface area contributed by atoms with Gasteiger partial charge in [0, 0.05) is 19.5 Å². The van der Waals surface area contributed by atoms with Crippen LogP contribution in [0.25, 0.3) is 27.4 Å². The van der Waals surface area contributed by atoms with E-state index in [0.29, 0.717) is 40.7 Å².